The number of benzene rings is 2. The number of ether oxygens (including phenoxy) is 1. The first kappa shape index (κ1) is 18.8. The lowest BCUT2D eigenvalue weighted by Crippen LogP contribution is -2.39. The number of para-hydroxylation sites is 1. The summed E-state index contributed by atoms with van der Waals surface area (Å²) in [6.07, 6.45) is 1.16. The number of hydrogen-bond acceptors (Lipinski definition) is 5. The van der Waals surface area contributed by atoms with E-state index >= 15 is 0 Å². The van der Waals surface area contributed by atoms with E-state index in [2.05, 4.69) is 4.90 Å². The minimum Gasteiger partial charge on any atom is -0.494 e. The molecule has 0 amide bonds. The average molecular weight is 400 g/mol. The zero-order valence-electron chi connectivity index (χ0n) is 15.5. The molecule has 0 radical (unpaired) electrons. The van der Waals surface area contributed by atoms with Gasteiger partial charge in [0.25, 0.3) is 0 Å². The van der Waals surface area contributed by atoms with Crippen LogP contribution in [0.1, 0.15) is 29.5 Å². The quantitative estimate of drug-likeness (QED) is 0.691. The number of piperidine rings is 1. The third kappa shape index (κ3) is 3.59. The number of carboxylic acid groups (broad SMARTS) is 1. The maximum Gasteiger partial charge on any atom is 0.306 e. The van der Waals surface area contributed by atoms with Gasteiger partial charge in [0.1, 0.15) is 5.01 Å². The van der Waals surface area contributed by atoms with Crippen LogP contribution in [-0.4, -0.2) is 41.2 Å². The Balaban J connectivity index is 1.73. The molecule has 1 unspecified atom stereocenters. The molecule has 0 spiro atoms. The van der Waals surface area contributed by atoms with Crippen molar-refractivity contribution in [3.63, 3.8) is 0 Å². The summed E-state index contributed by atoms with van der Waals surface area (Å²) in [6, 6.07) is 12.7. The molecule has 0 aliphatic carbocycles. The Morgan fingerprint density at radius 3 is 2.68 bits per heavy atom. The summed E-state index contributed by atoms with van der Waals surface area (Å²) < 4.78 is 20.6. The molecule has 1 aliphatic heterocycles. The van der Waals surface area contributed by atoms with Gasteiger partial charge in [-0.05, 0) is 55.8 Å². The van der Waals surface area contributed by atoms with Crippen LogP contribution in [0.15, 0.2) is 42.5 Å². The lowest BCUT2D eigenvalue weighted by molar-refractivity contribution is -0.143. The highest BCUT2D eigenvalue weighted by Crippen LogP contribution is 2.37. The lowest BCUT2D eigenvalue weighted by Gasteiger charge is -2.35. The van der Waals surface area contributed by atoms with Crippen LogP contribution in [0.4, 0.5) is 4.39 Å². The molecule has 7 heteroatoms. The molecule has 4 rings (SSSR count). The van der Waals surface area contributed by atoms with Gasteiger partial charge in [-0.3, -0.25) is 9.69 Å². The third-order valence-corrected chi connectivity index (χ3v) is 6.37. The molecule has 1 fully saturated rings. The first-order valence-corrected chi connectivity index (χ1v) is 10.0. The van der Waals surface area contributed by atoms with E-state index in [-0.39, 0.29) is 17.7 Å². The second kappa shape index (κ2) is 7.85. The van der Waals surface area contributed by atoms with Crippen LogP contribution in [0.5, 0.6) is 5.75 Å². The number of thiazole rings is 1. The van der Waals surface area contributed by atoms with Gasteiger partial charge in [0.05, 0.1) is 29.3 Å². The van der Waals surface area contributed by atoms with Crippen molar-refractivity contribution in [2.45, 2.75) is 18.9 Å². The van der Waals surface area contributed by atoms with Gasteiger partial charge in [0, 0.05) is 0 Å². The van der Waals surface area contributed by atoms with E-state index in [1.54, 1.807) is 17.4 Å². The highest BCUT2D eigenvalue weighted by Gasteiger charge is 2.32. The number of hydrogen-bond donors (Lipinski definition) is 1. The first-order valence-electron chi connectivity index (χ1n) is 9.22. The Morgan fingerprint density at radius 1 is 1.29 bits per heavy atom. The van der Waals surface area contributed by atoms with Crippen LogP contribution in [-0.2, 0) is 4.79 Å². The van der Waals surface area contributed by atoms with Crippen molar-refractivity contribution >= 4 is 27.5 Å². The Hall–Kier alpha value is -2.51. The zero-order chi connectivity index (χ0) is 19.7. The van der Waals surface area contributed by atoms with E-state index in [0.29, 0.717) is 25.9 Å². The summed E-state index contributed by atoms with van der Waals surface area (Å²) in [5.41, 5.74) is 1.72. The second-order valence-electron chi connectivity index (χ2n) is 6.96. The number of likely N-dealkylation sites (tertiary alicyclic amines) is 1. The molecule has 28 heavy (non-hydrogen) atoms. The minimum absolute atomic E-state index is 0.205. The van der Waals surface area contributed by atoms with Crippen molar-refractivity contribution in [3.8, 4) is 5.75 Å². The minimum atomic E-state index is -0.744. The van der Waals surface area contributed by atoms with Crippen molar-refractivity contribution in [2.75, 3.05) is 20.2 Å². The Kier molecular flexibility index (Phi) is 5.28. The van der Waals surface area contributed by atoms with Gasteiger partial charge in [-0.2, -0.15) is 0 Å². The van der Waals surface area contributed by atoms with Crippen LogP contribution in [0.25, 0.3) is 10.2 Å². The van der Waals surface area contributed by atoms with Gasteiger partial charge in [0.15, 0.2) is 11.6 Å². The SMILES string of the molecule is COc1ccc(C(c2nc3ccccc3s2)N2CCC(C(=O)O)CC2)cc1F. The number of aromatic nitrogens is 1. The monoisotopic (exact) mass is 400 g/mol. The number of carbonyl (C=O) groups is 1. The topological polar surface area (TPSA) is 62.7 Å². The zero-order valence-corrected chi connectivity index (χ0v) is 16.3. The molecule has 2 aromatic carbocycles. The summed E-state index contributed by atoms with van der Waals surface area (Å²) in [5, 5.41) is 10.2. The molecule has 1 atom stereocenters. The largest absolute Gasteiger partial charge is 0.494 e. The normalized spacial score (nSPS) is 16.9. The van der Waals surface area contributed by atoms with E-state index in [4.69, 9.17) is 9.72 Å². The Morgan fingerprint density at radius 2 is 2.04 bits per heavy atom. The van der Waals surface area contributed by atoms with E-state index in [0.717, 1.165) is 20.8 Å². The van der Waals surface area contributed by atoms with Gasteiger partial charge in [-0.1, -0.05) is 18.2 Å². The Labute approximate surface area is 166 Å². The molecular formula is C21H21FN2O3S. The summed E-state index contributed by atoms with van der Waals surface area (Å²) in [7, 11) is 1.44. The highest BCUT2D eigenvalue weighted by atomic mass is 32.1. The lowest BCUT2D eigenvalue weighted by atomic mass is 9.94. The van der Waals surface area contributed by atoms with Crippen molar-refractivity contribution < 1.29 is 19.0 Å². The third-order valence-electron chi connectivity index (χ3n) is 5.28. The molecule has 1 saturated heterocycles. The van der Waals surface area contributed by atoms with Crippen LogP contribution in [0, 0.1) is 11.7 Å². The maximum atomic E-state index is 14.4. The molecule has 1 aliphatic rings. The predicted molar refractivity (Wildman–Crippen MR) is 106 cm³/mol. The number of halogens is 1. The second-order valence-corrected chi connectivity index (χ2v) is 8.03. The number of carboxylic acids is 1. The fraction of sp³-hybridized carbons (Fsp3) is 0.333. The number of nitrogens with zero attached hydrogens (tertiary/aromatic N) is 2. The van der Waals surface area contributed by atoms with Crippen molar-refractivity contribution in [1.82, 2.24) is 9.88 Å². The van der Waals surface area contributed by atoms with Crippen LogP contribution < -0.4 is 4.74 Å². The Bertz CT molecular complexity index is 965. The fourth-order valence-electron chi connectivity index (χ4n) is 3.77. The number of rotatable bonds is 5. The van der Waals surface area contributed by atoms with E-state index in [1.165, 1.54) is 13.2 Å². The van der Waals surface area contributed by atoms with E-state index < -0.39 is 11.8 Å². The predicted octanol–water partition coefficient (Wildman–Crippen LogP) is 4.33. The summed E-state index contributed by atoms with van der Waals surface area (Å²) in [6.45, 7) is 1.26. The van der Waals surface area contributed by atoms with Crippen molar-refractivity contribution in [3.05, 3.63) is 58.9 Å². The fourth-order valence-corrected chi connectivity index (χ4v) is 4.90. The van der Waals surface area contributed by atoms with E-state index in [9.17, 15) is 14.3 Å². The van der Waals surface area contributed by atoms with Crippen molar-refractivity contribution in [2.24, 2.45) is 5.92 Å². The van der Waals surface area contributed by atoms with Gasteiger partial charge in [-0.15, -0.1) is 11.3 Å². The highest BCUT2D eigenvalue weighted by molar-refractivity contribution is 7.18. The van der Waals surface area contributed by atoms with Gasteiger partial charge in [0.2, 0.25) is 0 Å². The number of fused-ring (bicyclic) bond motifs is 1. The molecule has 3 aromatic rings. The molecule has 1 N–H and O–H groups in total. The van der Waals surface area contributed by atoms with E-state index in [1.807, 2.05) is 30.3 Å². The molecule has 146 valence electrons. The summed E-state index contributed by atoms with van der Waals surface area (Å²) in [4.78, 5) is 18.3. The first-order chi connectivity index (χ1) is 13.6. The van der Waals surface area contributed by atoms with Gasteiger partial charge >= 0.3 is 5.97 Å². The smallest absolute Gasteiger partial charge is 0.306 e. The van der Waals surface area contributed by atoms with Gasteiger partial charge < -0.3 is 9.84 Å². The van der Waals surface area contributed by atoms with Crippen LogP contribution in [0.3, 0.4) is 0 Å². The van der Waals surface area contributed by atoms with Crippen molar-refractivity contribution in [1.29, 1.82) is 0 Å². The standard InChI is InChI=1S/C21H21FN2O3S/c1-27-17-7-6-14(12-15(17)22)19(24-10-8-13(9-11-24)21(25)26)20-23-16-4-2-3-5-18(16)28-20/h2-7,12-13,19H,8-11H2,1H3,(H,25,26). The molecule has 5 nitrogen and oxygen atoms in total. The summed E-state index contributed by atoms with van der Waals surface area (Å²) >= 11 is 1.59. The average Bonchev–Trinajstić information content (AvgIpc) is 3.12. The molecule has 0 bridgehead atoms. The molecule has 0 saturated carbocycles. The number of aliphatic carboxylic acids is 1. The van der Waals surface area contributed by atoms with Crippen LogP contribution >= 0.6 is 11.3 Å². The molecule has 1 aromatic heterocycles. The number of methoxy groups -OCH3 is 1. The van der Waals surface area contributed by atoms with Gasteiger partial charge in [-0.25, -0.2) is 9.37 Å². The van der Waals surface area contributed by atoms with Crippen LogP contribution in [0.2, 0.25) is 0 Å². The summed E-state index contributed by atoms with van der Waals surface area (Å²) in [5.74, 6) is -1.27. The maximum absolute atomic E-state index is 14.4. The molecule has 2 heterocycles. The molecular weight excluding hydrogens is 379 g/mol.